The number of allylic oxidation sites excluding steroid dienone is 2. The zero-order chi connectivity index (χ0) is 26.4. The highest BCUT2D eigenvalue weighted by molar-refractivity contribution is 6.05. The number of hydrogen-bond donors (Lipinski definition) is 4. The molecule has 196 valence electrons. The number of hydrogen-bond acceptors (Lipinski definition) is 6. The molecule has 1 aliphatic carbocycles. The molecular weight excluding hydrogens is 462 g/mol. The van der Waals surface area contributed by atoms with Gasteiger partial charge in [0.2, 0.25) is 11.8 Å². The fourth-order valence-corrected chi connectivity index (χ4v) is 5.59. The van der Waals surface area contributed by atoms with E-state index in [1.807, 2.05) is 32.1 Å². The number of rotatable bonds is 12. The van der Waals surface area contributed by atoms with Crippen molar-refractivity contribution in [1.82, 2.24) is 4.90 Å². The van der Waals surface area contributed by atoms with Crippen molar-refractivity contribution in [2.75, 3.05) is 13.2 Å². The standard InChI is InChI=1S/C28H37NO7/c1-17(14-19-8-5-6-9-22(19)31)11-12-23(32)25-18(2)15-20-26(21(25)16-30)28(36)29(27(20)35)13-7-3-4-10-24(33)34/h5-6,8-9,14,20-21,23,26,30-32H,3-4,7,10-13,15-16H2,1-2H3,(H,33,34)/b17-14+/t20-,21+,23-,26-/m1/s1. The van der Waals surface area contributed by atoms with Crippen molar-refractivity contribution in [3.8, 4) is 5.75 Å². The number of aliphatic carboxylic acids is 1. The number of fused-ring (bicyclic) bond motifs is 1. The van der Waals surface area contributed by atoms with E-state index < -0.39 is 29.8 Å². The molecule has 8 nitrogen and oxygen atoms in total. The van der Waals surface area contributed by atoms with Gasteiger partial charge in [-0.2, -0.15) is 0 Å². The summed E-state index contributed by atoms with van der Waals surface area (Å²) >= 11 is 0. The van der Waals surface area contributed by atoms with Crippen LogP contribution >= 0.6 is 0 Å². The second-order valence-corrected chi connectivity index (χ2v) is 10.00. The van der Waals surface area contributed by atoms with Crippen molar-refractivity contribution in [1.29, 1.82) is 0 Å². The Hall–Kier alpha value is -2.97. The lowest BCUT2D eigenvalue weighted by Gasteiger charge is -2.35. The smallest absolute Gasteiger partial charge is 0.303 e. The summed E-state index contributed by atoms with van der Waals surface area (Å²) in [6.07, 6.45) is 4.05. The summed E-state index contributed by atoms with van der Waals surface area (Å²) in [6, 6.07) is 7.02. The number of aromatic hydroxyl groups is 1. The third-order valence-corrected chi connectivity index (χ3v) is 7.40. The van der Waals surface area contributed by atoms with Crippen molar-refractivity contribution in [2.24, 2.45) is 17.8 Å². The number of phenols is 1. The van der Waals surface area contributed by atoms with Gasteiger partial charge in [-0.1, -0.05) is 41.8 Å². The molecule has 1 aromatic rings. The first-order valence-electron chi connectivity index (χ1n) is 12.7. The summed E-state index contributed by atoms with van der Waals surface area (Å²) in [5, 5.41) is 40.1. The van der Waals surface area contributed by atoms with Gasteiger partial charge in [-0.3, -0.25) is 19.3 Å². The number of carboxylic acids is 1. The van der Waals surface area contributed by atoms with E-state index in [1.165, 1.54) is 4.90 Å². The Morgan fingerprint density at radius 3 is 2.53 bits per heavy atom. The van der Waals surface area contributed by atoms with Gasteiger partial charge in [-0.15, -0.1) is 0 Å². The molecule has 0 radical (unpaired) electrons. The van der Waals surface area contributed by atoms with Gasteiger partial charge in [-0.25, -0.2) is 0 Å². The molecule has 1 aromatic carbocycles. The Balaban J connectivity index is 1.67. The number of aliphatic hydroxyl groups excluding tert-OH is 2. The van der Waals surface area contributed by atoms with Crippen LogP contribution in [0.4, 0.5) is 0 Å². The number of nitrogens with zero attached hydrogens (tertiary/aromatic N) is 1. The molecule has 3 rings (SSSR count). The molecule has 8 heteroatoms. The fourth-order valence-electron chi connectivity index (χ4n) is 5.59. The molecule has 4 atom stereocenters. The first-order chi connectivity index (χ1) is 17.1. The third kappa shape index (κ3) is 6.23. The van der Waals surface area contributed by atoms with Crippen LogP contribution in [0.2, 0.25) is 0 Å². The summed E-state index contributed by atoms with van der Waals surface area (Å²) in [4.78, 5) is 38.2. The Morgan fingerprint density at radius 1 is 1.14 bits per heavy atom. The van der Waals surface area contributed by atoms with Crippen LogP contribution in [0.15, 0.2) is 41.0 Å². The van der Waals surface area contributed by atoms with Gasteiger partial charge >= 0.3 is 5.97 Å². The zero-order valence-electron chi connectivity index (χ0n) is 21.0. The number of aliphatic hydroxyl groups is 2. The number of amides is 2. The number of carbonyl (C=O) groups excluding carboxylic acids is 2. The molecule has 0 saturated carbocycles. The zero-order valence-corrected chi connectivity index (χ0v) is 21.0. The molecule has 1 heterocycles. The molecule has 0 spiro atoms. The quantitative estimate of drug-likeness (QED) is 0.196. The molecule has 0 unspecified atom stereocenters. The fraction of sp³-hybridized carbons (Fsp3) is 0.536. The molecule has 0 aromatic heterocycles. The van der Waals surface area contributed by atoms with Crippen LogP contribution in [0, 0.1) is 17.8 Å². The van der Waals surface area contributed by atoms with Crippen LogP contribution in [0.3, 0.4) is 0 Å². The molecule has 2 amide bonds. The van der Waals surface area contributed by atoms with Crippen molar-refractivity contribution >= 4 is 23.9 Å². The Morgan fingerprint density at radius 2 is 1.86 bits per heavy atom. The van der Waals surface area contributed by atoms with Crippen molar-refractivity contribution in [3.05, 3.63) is 46.5 Å². The molecular formula is C28H37NO7. The largest absolute Gasteiger partial charge is 0.507 e. The van der Waals surface area contributed by atoms with E-state index in [2.05, 4.69) is 0 Å². The number of carboxylic acid groups (broad SMARTS) is 1. The Kier molecular flexibility index (Phi) is 9.45. The number of benzene rings is 1. The normalized spacial score (nSPS) is 23.3. The second kappa shape index (κ2) is 12.3. The number of phenolic OH excluding ortho intramolecular Hbond substituents is 1. The first-order valence-corrected chi connectivity index (χ1v) is 12.7. The van der Waals surface area contributed by atoms with Crippen molar-refractivity contribution in [2.45, 2.75) is 64.9 Å². The average molecular weight is 500 g/mol. The lowest BCUT2D eigenvalue weighted by Crippen LogP contribution is -2.38. The summed E-state index contributed by atoms with van der Waals surface area (Å²) < 4.78 is 0. The van der Waals surface area contributed by atoms with E-state index in [9.17, 15) is 29.7 Å². The summed E-state index contributed by atoms with van der Waals surface area (Å²) in [5.41, 5.74) is 3.17. The maximum absolute atomic E-state index is 13.2. The lowest BCUT2D eigenvalue weighted by atomic mass is 9.68. The van der Waals surface area contributed by atoms with Gasteiger partial charge < -0.3 is 20.4 Å². The average Bonchev–Trinajstić information content (AvgIpc) is 3.07. The van der Waals surface area contributed by atoms with E-state index in [0.717, 1.165) is 11.1 Å². The Labute approximate surface area is 211 Å². The van der Waals surface area contributed by atoms with Crippen molar-refractivity contribution < 1.29 is 34.8 Å². The van der Waals surface area contributed by atoms with Gasteiger partial charge in [0.15, 0.2) is 0 Å². The minimum absolute atomic E-state index is 0.0608. The van der Waals surface area contributed by atoms with Crippen LogP contribution in [-0.2, 0) is 14.4 Å². The monoisotopic (exact) mass is 499 g/mol. The number of para-hydroxylation sites is 1. The molecule has 4 N–H and O–H groups in total. The number of unbranched alkanes of at least 4 members (excludes halogenated alkanes) is 2. The highest BCUT2D eigenvalue weighted by Crippen LogP contribution is 2.46. The van der Waals surface area contributed by atoms with Crippen LogP contribution in [0.5, 0.6) is 5.75 Å². The molecule has 0 bridgehead atoms. The van der Waals surface area contributed by atoms with Gasteiger partial charge in [0.25, 0.3) is 0 Å². The minimum atomic E-state index is -0.864. The van der Waals surface area contributed by atoms with Crippen molar-refractivity contribution in [3.63, 3.8) is 0 Å². The topological polar surface area (TPSA) is 135 Å². The van der Waals surface area contributed by atoms with Gasteiger partial charge in [0.05, 0.1) is 24.5 Å². The van der Waals surface area contributed by atoms with Gasteiger partial charge in [0.1, 0.15) is 5.75 Å². The lowest BCUT2D eigenvalue weighted by molar-refractivity contribution is -0.141. The molecule has 36 heavy (non-hydrogen) atoms. The minimum Gasteiger partial charge on any atom is -0.507 e. The predicted molar refractivity (Wildman–Crippen MR) is 135 cm³/mol. The van der Waals surface area contributed by atoms with E-state index in [0.29, 0.717) is 49.7 Å². The number of likely N-dealkylation sites (tertiary alicyclic amines) is 1. The summed E-state index contributed by atoms with van der Waals surface area (Å²) in [6.45, 7) is 3.70. The second-order valence-electron chi connectivity index (χ2n) is 10.00. The van der Waals surface area contributed by atoms with E-state index in [1.54, 1.807) is 12.1 Å². The third-order valence-electron chi connectivity index (χ3n) is 7.40. The number of carbonyl (C=O) groups is 3. The summed E-state index contributed by atoms with van der Waals surface area (Å²) in [7, 11) is 0. The van der Waals surface area contributed by atoms with E-state index in [-0.39, 0.29) is 37.1 Å². The maximum atomic E-state index is 13.2. The SMILES string of the molecule is CC1=C([C@H](O)CC/C(C)=C/c2ccccc2O)[C@H](CO)[C@@H]2C(=O)N(CCCCCC(=O)O)C(=O)[C@@H]2C1. The van der Waals surface area contributed by atoms with Crippen LogP contribution in [0.25, 0.3) is 6.08 Å². The molecule has 2 aliphatic rings. The number of imide groups is 1. The Bertz CT molecular complexity index is 1040. The van der Waals surface area contributed by atoms with Crippen LogP contribution < -0.4 is 0 Å². The molecule has 1 aliphatic heterocycles. The highest BCUT2D eigenvalue weighted by Gasteiger charge is 2.54. The summed E-state index contributed by atoms with van der Waals surface area (Å²) in [5.74, 6) is -3.07. The predicted octanol–water partition coefficient (Wildman–Crippen LogP) is 3.51. The van der Waals surface area contributed by atoms with Gasteiger partial charge in [-0.05, 0) is 57.6 Å². The van der Waals surface area contributed by atoms with E-state index in [4.69, 9.17) is 5.11 Å². The maximum Gasteiger partial charge on any atom is 0.303 e. The highest BCUT2D eigenvalue weighted by atomic mass is 16.4. The van der Waals surface area contributed by atoms with E-state index >= 15 is 0 Å². The first kappa shape index (κ1) is 27.6. The van der Waals surface area contributed by atoms with Gasteiger partial charge in [0, 0.05) is 24.4 Å². The van der Waals surface area contributed by atoms with Crippen LogP contribution in [-0.4, -0.2) is 62.4 Å². The molecule has 1 saturated heterocycles. The molecule has 1 fully saturated rings. The van der Waals surface area contributed by atoms with Crippen LogP contribution in [0.1, 0.15) is 64.4 Å².